The first kappa shape index (κ1) is 14.7. The van der Waals surface area contributed by atoms with Gasteiger partial charge < -0.3 is 14.6 Å². The van der Waals surface area contributed by atoms with Crippen molar-refractivity contribution in [1.82, 2.24) is 4.90 Å². The van der Waals surface area contributed by atoms with Crippen LogP contribution in [0.5, 0.6) is 11.5 Å². The van der Waals surface area contributed by atoms with Crippen LogP contribution in [0.1, 0.15) is 41.4 Å². The van der Waals surface area contributed by atoms with E-state index >= 15 is 0 Å². The number of hydrogen-bond donors (Lipinski definition) is 1. The summed E-state index contributed by atoms with van der Waals surface area (Å²) in [6.07, 6.45) is 0.772. The van der Waals surface area contributed by atoms with Gasteiger partial charge in [-0.2, -0.15) is 0 Å². The topological polar surface area (TPSA) is 59.0 Å². The van der Waals surface area contributed by atoms with Gasteiger partial charge in [-0.25, -0.2) is 4.79 Å². The second-order valence-electron chi connectivity index (χ2n) is 4.91. The lowest BCUT2D eigenvalue weighted by Crippen LogP contribution is -2.34. The number of aromatic carboxylic acids is 1. The number of fused-ring (bicyclic) bond motifs is 1. The van der Waals surface area contributed by atoms with E-state index in [0.717, 1.165) is 30.6 Å². The van der Waals surface area contributed by atoms with Gasteiger partial charge in [-0.1, -0.05) is 6.92 Å². The normalized spacial score (nSPS) is 18.5. The summed E-state index contributed by atoms with van der Waals surface area (Å²) in [6, 6.07) is 1.76. The van der Waals surface area contributed by atoms with Crippen molar-refractivity contribution < 1.29 is 19.4 Å². The molecule has 0 fully saturated rings. The van der Waals surface area contributed by atoms with Crippen molar-refractivity contribution >= 4 is 5.97 Å². The molecule has 1 unspecified atom stereocenters. The van der Waals surface area contributed by atoms with Crippen LogP contribution in [0.4, 0.5) is 0 Å². The monoisotopic (exact) mass is 279 g/mol. The van der Waals surface area contributed by atoms with Crippen LogP contribution in [-0.2, 0) is 6.42 Å². The molecule has 0 saturated carbocycles. The van der Waals surface area contributed by atoms with Crippen LogP contribution in [0.15, 0.2) is 6.07 Å². The van der Waals surface area contributed by atoms with Crippen LogP contribution in [0, 0.1) is 0 Å². The lowest BCUT2D eigenvalue weighted by Gasteiger charge is -2.36. The number of carbonyl (C=O) groups is 1. The summed E-state index contributed by atoms with van der Waals surface area (Å²) >= 11 is 0. The maximum Gasteiger partial charge on any atom is 0.339 e. The number of hydrogen-bond acceptors (Lipinski definition) is 4. The van der Waals surface area contributed by atoms with Gasteiger partial charge in [-0.05, 0) is 26.0 Å². The van der Waals surface area contributed by atoms with Crippen LogP contribution < -0.4 is 9.47 Å². The first-order valence-corrected chi connectivity index (χ1v) is 6.80. The second kappa shape index (κ2) is 5.71. The highest BCUT2D eigenvalue weighted by molar-refractivity contribution is 5.92. The Hall–Kier alpha value is -1.75. The SMILES string of the molecule is CCN1CCc2c(OC)c(C(=O)O)cc(OC)c2C1C. The second-order valence-corrected chi connectivity index (χ2v) is 4.91. The van der Waals surface area contributed by atoms with Crippen LogP contribution >= 0.6 is 0 Å². The Morgan fingerprint density at radius 2 is 2.15 bits per heavy atom. The number of carboxylic acid groups (broad SMARTS) is 1. The predicted molar refractivity (Wildman–Crippen MR) is 75.9 cm³/mol. The van der Waals surface area contributed by atoms with Crippen molar-refractivity contribution in [3.63, 3.8) is 0 Å². The van der Waals surface area contributed by atoms with Gasteiger partial charge >= 0.3 is 5.97 Å². The summed E-state index contributed by atoms with van der Waals surface area (Å²) in [7, 11) is 3.09. The number of likely N-dealkylation sites (N-methyl/N-ethyl adjacent to an activating group) is 1. The summed E-state index contributed by atoms with van der Waals surface area (Å²) < 4.78 is 10.8. The smallest absolute Gasteiger partial charge is 0.339 e. The van der Waals surface area contributed by atoms with Crippen LogP contribution in [0.2, 0.25) is 0 Å². The number of benzene rings is 1. The van der Waals surface area contributed by atoms with Crippen molar-refractivity contribution in [1.29, 1.82) is 0 Å². The molecule has 1 aliphatic rings. The number of ether oxygens (including phenoxy) is 2. The van der Waals surface area contributed by atoms with Crippen LogP contribution in [0.3, 0.4) is 0 Å². The fourth-order valence-electron chi connectivity index (χ4n) is 3.04. The minimum absolute atomic E-state index is 0.167. The molecule has 5 heteroatoms. The van der Waals surface area contributed by atoms with E-state index in [1.165, 1.54) is 7.11 Å². The van der Waals surface area contributed by atoms with E-state index in [1.807, 2.05) is 0 Å². The van der Waals surface area contributed by atoms with Gasteiger partial charge in [0.25, 0.3) is 0 Å². The highest BCUT2D eigenvalue weighted by Crippen LogP contribution is 2.42. The Morgan fingerprint density at radius 3 is 2.65 bits per heavy atom. The molecule has 0 radical (unpaired) electrons. The van der Waals surface area contributed by atoms with Gasteiger partial charge in [0.15, 0.2) is 0 Å². The first-order valence-electron chi connectivity index (χ1n) is 6.80. The summed E-state index contributed by atoms with van der Waals surface area (Å²) in [5, 5.41) is 9.34. The molecule has 20 heavy (non-hydrogen) atoms. The molecule has 0 spiro atoms. The number of carboxylic acids is 1. The maximum absolute atomic E-state index is 11.4. The standard InChI is InChI=1S/C15H21NO4/c1-5-16-7-6-10-13(9(16)2)12(19-3)8-11(15(17)18)14(10)20-4/h8-9H,5-7H2,1-4H3,(H,17,18). The Kier molecular flexibility index (Phi) is 4.18. The minimum Gasteiger partial charge on any atom is -0.496 e. The van der Waals surface area contributed by atoms with Gasteiger partial charge in [0.1, 0.15) is 17.1 Å². The van der Waals surface area contributed by atoms with Crippen LogP contribution in [-0.4, -0.2) is 43.3 Å². The van der Waals surface area contributed by atoms with E-state index in [4.69, 9.17) is 9.47 Å². The summed E-state index contributed by atoms with van der Waals surface area (Å²) in [5.41, 5.74) is 2.17. The molecule has 1 N–H and O–H groups in total. The van der Waals surface area contributed by atoms with E-state index < -0.39 is 5.97 Å². The highest BCUT2D eigenvalue weighted by Gasteiger charge is 2.31. The molecule has 1 aromatic rings. The zero-order chi connectivity index (χ0) is 14.9. The largest absolute Gasteiger partial charge is 0.496 e. The molecule has 1 aromatic carbocycles. The Bertz CT molecular complexity index is 527. The number of nitrogens with zero attached hydrogens (tertiary/aromatic N) is 1. The van der Waals surface area contributed by atoms with E-state index in [9.17, 15) is 9.90 Å². The molecule has 0 amide bonds. The molecule has 0 bridgehead atoms. The van der Waals surface area contributed by atoms with Gasteiger partial charge in [0.2, 0.25) is 0 Å². The molecule has 0 aromatic heterocycles. The molecule has 2 rings (SSSR count). The van der Waals surface area contributed by atoms with Crippen molar-refractivity contribution in [3.8, 4) is 11.5 Å². The quantitative estimate of drug-likeness (QED) is 0.916. The molecule has 0 saturated heterocycles. The van der Waals surface area contributed by atoms with E-state index in [2.05, 4.69) is 18.7 Å². The third kappa shape index (κ3) is 2.22. The molecule has 5 nitrogen and oxygen atoms in total. The Balaban J connectivity index is 2.68. The van der Waals surface area contributed by atoms with Gasteiger partial charge in [0.05, 0.1) is 14.2 Å². The molecule has 1 aliphatic heterocycles. The fourth-order valence-corrected chi connectivity index (χ4v) is 3.04. The van der Waals surface area contributed by atoms with E-state index in [1.54, 1.807) is 13.2 Å². The third-order valence-electron chi connectivity index (χ3n) is 4.06. The molecule has 0 aliphatic carbocycles. The summed E-state index contributed by atoms with van der Waals surface area (Å²) in [4.78, 5) is 13.7. The maximum atomic E-state index is 11.4. The zero-order valence-electron chi connectivity index (χ0n) is 12.4. The molecule has 1 heterocycles. The highest BCUT2D eigenvalue weighted by atomic mass is 16.5. The van der Waals surface area contributed by atoms with Crippen molar-refractivity contribution in [2.24, 2.45) is 0 Å². The molecular weight excluding hydrogens is 258 g/mol. The molecule has 1 atom stereocenters. The van der Waals surface area contributed by atoms with E-state index in [-0.39, 0.29) is 11.6 Å². The van der Waals surface area contributed by atoms with Crippen LogP contribution in [0.25, 0.3) is 0 Å². The van der Waals surface area contributed by atoms with Gasteiger partial charge in [-0.3, -0.25) is 4.90 Å². The fraction of sp³-hybridized carbons (Fsp3) is 0.533. The lowest BCUT2D eigenvalue weighted by atomic mass is 9.89. The molecular formula is C15H21NO4. The summed E-state index contributed by atoms with van der Waals surface area (Å²) in [5.74, 6) is 0.105. The zero-order valence-corrected chi connectivity index (χ0v) is 12.4. The van der Waals surface area contributed by atoms with Crippen molar-refractivity contribution in [2.75, 3.05) is 27.3 Å². The number of rotatable bonds is 4. The Morgan fingerprint density at radius 1 is 1.45 bits per heavy atom. The van der Waals surface area contributed by atoms with Crippen molar-refractivity contribution in [3.05, 3.63) is 22.8 Å². The van der Waals surface area contributed by atoms with E-state index in [0.29, 0.717) is 11.5 Å². The third-order valence-corrected chi connectivity index (χ3v) is 4.06. The average Bonchev–Trinajstić information content (AvgIpc) is 2.45. The lowest BCUT2D eigenvalue weighted by molar-refractivity contribution is 0.0692. The number of methoxy groups -OCH3 is 2. The van der Waals surface area contributed by atoms with Crippen molar-refractivity contribution in [2.45, 2.75) is 26.3 Å². The molecule has 110 valence electrons. The average molecular weight is 279 g/mol. The minimum atomic E-state index is -0.992. The van der Waals surface area contributed by atoms with Gasteiger partial charge in [-0.15, -0.1) is 0 Å². The van der Waals surface area contributed by atoms with Gasteiger partial charge in [0, 0.05) is 23.7 Å². The Labute approximate surface area is 119 Å². The summed E-state index contributed by atoms with van der Waals surface area (Å²) in [6.45, 7) is 6.08. The first-order chi connectivity index (χ1) is 9.54. The predicted octanol–water partition coefficient (Wildman–Crippen LogP) is 2.34.